The smallest absolute Gasteiger partial charge is 0.259 e. The largest absolute Gasteiger partial charge is 0.505 e. The van der Waals surface area contributed by atoms with Crippen LogP contribution in [0.2, 0.25) is 10.0 Å². The van der Waals surface area contributed by atoms with Gasteiger partial charge in [-0.25, -0.2) is 0 Å². The number of azo groups is 2. The van der Waals surface area contributed by atoms with Crippen LogP contribution in [-0.4, -0.2) is 22.0 Å². The Morgan fingerprint density at radius 1 is 0.500 bits per heavy atom. The van der Waals surface area contributed by atoms with Crippen LogP contribution in [0, 0.1) is 0 Å². The maximum atomic E-state index is 13.6. The Morgan fingerprint density at radius 2 is 0.887 bits per heavy atom. The number of carbonyl (C=O) groups excluding carboxylic acids is 2. The van der Waals surface area contributed by atoms with Crippen molar-refractivity contribution in [2.24, 2.45) is 20.5 Å². The average molecular weight is 858 g/mol. The van der Waals surface area contributed by atoms with E-state index in [1.165, 1.54) is 0 Å². The molecular formula is C50H38Cl2N6O4. The lowest BCUT2D eigenvalue weighted by Crippen LogP contribution is -2.12. The minimum absolute atomic E-state index is 0.0352. The Kier molecular flexibility index (Phi) is 12.0. The molecule has 0 spiro atoms. The fourth-order valence-electron chi connectivity index (χ4n) is 7.11. The molecule has 0 heterocycles. The third kappa shape index (κ3) is 8.47. The molecule has 0 fully saturated rings. The predicted octanol–water partition coefficient (Wildman–Crippen LogP) is 14.8. The SMILES string of the molecule is CCc1cccc(N=Nc2c(O)c(C(=O)Nc3ccc(-c4ccc(NC(=O)c5cc6ccccc6c(N=Nc6cccc(CC)c6Cl)c5O)cc4)cc3)cc3ccccc23)c1Cl. The third-order valence-electron chi connectivity index (χ3n) is 10.5. The molecule has 8 aromatic carbocycles. The van der Waals surface area contributed by atoms with E-state index in [1.807, 2.05) is 98.8 Å². The van der Waals surface area contributed by atoms with Crippen molar-refractivity contribution >= 4 is 90.7 Å². The predicted molar refractivity (Wildman–Crippen MR) is 249 cm³/mol. The molecule has 306 valence electrons. The van der Waals surface area contributed by atoms with E-state index in [1.54, 1.807) is 60.7 Å². The van der Waals surface area contributed by atoms with Gasteiger partial charge >= 0.3 is 0 Å². The number of aryl methyl sites for hydroxylation is 2. The number of benzene rings is 8. The van der Waals surface area contributed by atoms with Crippen molar-refractivity contribution in [2.75, 3.05) is 10.6 Å². The van der Waals surface area contributed by atoms with E-state index in [0.29, 0.717) is 54.3 Å². The van der Waals surface area contributed by atoms with Crippen LogP contribution in [0.5, 0.6) is 11.5 Å². The molecular weight excluding hydrogens is 819 g/mol. The lowest BCUT2D eigenvalue weighted by molar-refractivity contribution is 0.101. The van der Waals surface area contributed by atoms with E-state index >= 15 is 0 Å². The van der Waals surface area contributed by atoms with Crippen molar-refractivity contribution in [3.05, 3.63) is 178 Å². The van der Waals surface area contributed by atoms with E-state index in [4.69, 9.17) is 23.2 Å². The third-order valence-corrected chi connectivity index (χ3v) is 11.4. The van der Waals surface area contributed by atoms with Crippen LogP contribution in [0.25, 0.3) is 32.7 Å². The molecule has 8 rings (SSSR count). The first-order valence-electron chi connectivity index (χ1n) is 19.8. The van der Waals surface area contributed by atoms with Gasteiger partial charge in [0.05, 0.1) is 21.2 Å². The fourth-order valence-corrected chi connectivity index (χ4v) is 7.71. The van der Waals surface area contributed by atoms with Gasteiger partial charge in [-0.05, 0) is 94.4 Å². The molecule has 8 aromatic rings. The van der Waals surface area contributed by atoms with Gasteiger partial charge in [-0.3, -0.25) is 9.59 Å². The Hall–Kier alpha value is -7.40. The molecule has 0 bridgehead atoms. The Labute approximate surface area is 367 Å². The van der Waals surface area contributed by atoms with Crippen molar-refractivity contribution in [2.45, 2.75) is 26.7 Å². The summed E-state index contributed by atoms with van der Waals surface area (Å²) in [5.74, 6) is -1.67. The zero-order valence-electron chi connectivity index (χ0n) is 33.5. The molecule has 0 aliphatic rings. The standard InChI is InChI=1S/C50H38Cl2N6O4/c1-3-29-13-9-17-41(43(29)51)55-57-45-37-15-7-5-11-33(37)27-39(47(45)59)49(61)53-35-23-19-31(20-24-35)32-21-25-36(26-22-32)54-50(62)40-28-34-12-6-8-16-38(34)46(48(40)60)58-56-42-18-10-14-30(4-2)44(42)52/h5-28,59-60H,3-4H2,1-2H3,(H,53,61)(H,54,62). The highest BCUT2D eigenvalue weighted by atomic mass is 35.5. The topological polar surface area (TPSA) is 148 Å². The maximum Gasteiger partial charge on any atom is 0.259 e. The van der Waals surface area contributed by atoms with Crippen molar-refractivity contribution in [3.8, 4) is 22.6 Å². The number of halogens is 2. The van der Waals surface area contributed by atoms with E-state index in [0.717, 1.165) is 35.1 Å². The van der Waals surface area contributed by atoms with Gasteiger partial charge in [-0.15, -0.1) is 20.5 Å². The Bertz CT molecular complexity index is 2870. The summed E-state index contributed by atoms with van der Waals surface area (Å²) in [7, 11) is 0. The van der Waals surface area contributed by atoms with E-state index < -0.39 is 11.8 Å². The number of amides is 2. The van der Waals surface area contributed by atoms with Crippen LogP contribution in [0.3, 0.4) is 0 Å². The molecule has 10 nitrogen and oxygen atoms in total. The first kappa shape index (κ1) is 41.3. The zero-order chi connectivity index (χ0) is 43.3. The highest BCUT2D eigenvalue weighted by Gasteiger charge is 2.21. The summed E-state index contributed by atoms with van der Waals surface area (Å²) in [6.45, 7) is 3.99. The van der Waals surface area contributed by atoms with E-state index in [-0.39, 0.29) is 34.0 Å². The molecule has 12 heteroatoms. The quantitative estimate of drug-likeness (QED) is 0.0958. The summed E-state index contributed by atoms with van der Waals surface area (Å²) >= 11 is 13.1. The van der Waals surface area contributed by atoms with Crippen molar-refractivity contribution in [1.82, 2.24) is 0 Å². The summed E-state index contributed by atoms with van der Waals surface area (Å²) in [4.78, 5) is 27.3. The lowest BCUT2D eigenvalue weighted by atomic mass is 10.0. The molecule has 0 radical (unpaired) electrons. The highest BCUT2D eigenvalue weighted by molar-refractivity contribution is 6.34. The number of nitrogens with zero attached hydrogens (tertiary/aromatic N) is 4. The number of hydrogen-bond acceptors (Lipinski definition) is 8. The molecule has 0 aliphatic heterocycles. The number of carbonyl (C=O) groups is 2. The fraction of sp³-hybridized carbons (Fsp3) is 0.0800. The summed E-state index contributed by atoms with van der Waals surface area (Å²) in [5, 5.41) is 49.6. The van der Waals surface area contributed by atoms with Gasteiger partial charge in [0.15, 0.2) is 11.5 Å². The Balaban J connectivity index is 0.978. The van der Waals surface area contributed by atoms with Gasteiger partial charge in [0.25, 0.3) is 11.8 Å². The monoisotopic (exact) mass is 856 g/mol. The van der Waals surface area contributed by atoms with Gasteiger partial charge in [0, 0.05) is 22.1 Å². The first-order chi connectivity index (χ1) is 30.1. The molecule has 4 N–H and O–H groups in total. The number of hydrogen-bond donors (Lipinski definition) is 4. The maximum absolute atomic E-state index is 13.6. The number of phenolic OH excluding ortho intramolecular Hbond substituents is 2. The number of fused-ring (bicyclic) bond motifs is 2. The van der Waals surface area contributed by atoms with Gasteiger partial charge in [-0.1, -0.05) is 134 Å². The number of rotatable bonds is 11. The molecule has 0 aliphatic carbocycles. The Morgan fingerprint density at radius 3 is 1.27 bits per heavy atom. The summed E-state index contributed by atoms with van der Waals surface area (Å²) < 4.78 is 0. The van der Waals surface area contributed by atoms with E-state index in [2.05, 4.69) is 31.1 Å². The number of phenols is 2. The van der Waals surface area contributed by atoms with Crippen molar-refractivity contribution < 1.29 is 19.8 Å². The van der Waals surface area contributed by atoms with Crippen molar-refractivity contribution in [3.63, 3.8) is 0 Å². The molecule has 0 saturated carbocycles. The number of aromatic hydroxyl groups is 2. The minimum atomic E-state index is -0.526. The second kappa shape index (κ2) is 18.1. The second-order valence-corrected chi connectivity index (χ2v) is 15.1. The molecule has 0 atom stereocenters. The summed E-state index contributed by atoms with van der Waals surface area (Å²) in [5.41, 5.74) is 5.87. The summed E-state index contributed by atoms with van der Waals surface area (Å²) in [6.07, 6.45) is 1.45. The average Bonchev–Trinajstić information content (AvgIpc) is 3.29. The summed E-state index contributed by atoms with van der Waals surface area (Å²) in [6, 6.07) is 43.3. The normalized spacial score (nSPS) is 11.5. The molecule has 2 amide bonds. The highest BCUT2D eigenvalue weighted by Crippen LogP contribution is 2.42. The van der Waals surface area contributed by atoms with Gasteiger partial charge < -0.3 is 20.8 Å². The minimum Gasteiger partial charge on any atom is -0.505 e. The van der Waals surface area contributed by atoms with Gasteiger partial charge in [0.2, 0.25) is 0 Å². The van der Waals surface area contributed by atoms with Crippen LogP contribution in [-0.2, 0) is 12.8 Å². The first-order valence-corrected chi connectivity index (χ1v) is 20.6. The molecule has 0 unspecified atom stereocenters. The van der Waals surface area contributed by atoms with Gasteiger partial charge in [0.1, 0.15) is 22.7 Å². The number of nitrogens with one attached hydrogen (secondary N) is 2. The molecule has 62 heavy (non-hydrogen) atoms. The van der Waals surface area contributed by atoms with Crippen LogP contribution >= 0.6 is 23.2 Å². The van der Waals surface area contributed by atoms with Crippen LogP contribution in [0.15, 0.2) is 166 Å². The zero-order valence-corrected chi connectivity index (χ0v) is 35.0. The lowest BCUT2D eigenvalue weighted by Gasteiger charge is -2.12. The van der Waals surface area contributed by atoms with E-state index in [9.17, 15) is 19.8 Å². The van der Waals surface area contributed by atoms with Crippen LogP contribution in [0.1, 0.15) is 45.7 Å². The van der Waals surface area contributed by atoms with Crippen LogP contribution in [0.4, 0.5) is 34.1 Å². The second-order valence-electron chi connectivity index (χ2n) is 14.4. The van der Waals surface area contributed by atoms with Gasteiger partial charge in [-0.2, -0.15) is 0 Å². The molecule has 0 aromatic heterocycles. The van der Waals surface area contributed by atoms with Crippen LogP contribution < -0.4 is 10.6 Å². The molecule has 0 saturated heterocycles. The van der Waals surface area contributed by atoms with Crippen molar-refractivity contribution in [1.29, 1.82) is 0 Å². The number of anilines is 2.